The van der Waals surface area contributed by atoms with Crippen molar-refractivity contribution in [2.45, 2.75) is 40.2 Å². The van der Waals surface area contributed by atoms with E-state index in [1.54, 1.807) is 4.90 Å². The summed E-state index contributed by atoms with van der Waals surface area (Å²) in [4.78, 5) is 13.8. The number of hydrogen-bond acceptors (Lipinski definition) is 2. The Bertz CT molecular complexity index is 428. The minimum Gasteiger partial charge on any atom is -0.328 e. The van der Waals surface area contributed by atoms with Crippen LogP contribution < -0.4 is 10.6 Å². The number of carbonyl (C=O) groups is 1. The van der Waals surface area contributed by atoms with Crippen LogP contribution in [0.3, 0.4) is 0 Å². The maximum atomic E-state index is 12.0. The predicted molar refractivity (Wildman–Crippen MR) is 89.6 cm³/mol. The highest BCUT2D eigenvalue weighted by atomic mass is 16.2. The van der Waals surface area contributed by atoms with Crippen LogP contribution in [0.5, 0.6) is 0 Å². The minimum atomic E-state index is -0.0527. The van der Waals surface area contributed by atoms with Crippen molar-refractivity contribution < 1.29 is 4.79 Å². The van der Waals surface area contributed by atoms with Gasteiger partial charge >= 0.3 is 6.03 Å². The lowest BCUT2D eigenvalue weighted by atomic mass is 10.1. The Morgan fingerprint density at radius 2 is 1.81 bits per heavy atom. The molecular formula is C17H29N3O. The summed E-state index contributed by atoms with van der Waals surface area (Å²) in [6.07, 6.45) is 1.02. The summed E-state index contributed by atoms with van der Waals surface area (Å²) in [5.74, 6) is 0.604. The molecule has 0 saturated heterocycles. The molecule has 0 fully saturated rings. The molecule has 0 aromatic heterocycles. The quantitative estimate of drug-likeness (QED) is 0.801. The summed E-state index contributed by atoms with van der Waals surface area (Å²) in [6, 6.07) is 8.29. The summed E-state index contributed by atoms with van der Waals surface area (Å²) >= 11 is 0. The maximum Gasteiger partial charge on any atom is 0.321 e. The van der Waals surface area contributed by atoms with Gasteiger partial charge in [0.25, 0.3) is 0 Å². The summed E-state index contributed by atoms with van der Waals surface area (Å²) < 4.78 is 0. The number of benzene rings is 1. The lowest BCUT2D eigenvalue weighted by molar-refractivity contribution is 0.220. The summed E-state index contributed by atoms with van der Waals surface area (Å²) in [7, 11) is 1.83. The van der Waals surface area contributed by atoms with Gasteiger partial charge < -0.3 is 15.5 Å². The van der Waals surface area contributed by atoms with E-state index in [1.165, 1.54) is 5.56 Å². The van der Waals surface area contributed by atoms with E-state index >= 15 is 0 Å². The molecule has 2 N–H and O–H groups in total. The SMILES string of the molecule is CCNC(C)c1ccc(NC(=O)N(C)CCC(C)C)cc1. The zero-order valence-corrected chi connectivity index (χ0v) is 13.9. The van der Waals surface area contributed by atoms with Crippen molar-refractivity contribution in [2.24, 2.45) is 5.92 Å². The van der Waals surface area contributed by atoms with Crippen LogP contribution in [0.1, 0.15) is 45.7 Å². The van der Waals surface area contributed by atoms with E-state index in [2.05, 4.69) is 50.5 Å². The fourth-order valence-electron chi connectivity index (χ4n) is 2.05. The summed E-state index contributed by atoms with van der Waals surface area (Å²) in [6.45, 7) is 10.3. The van der Waals surface area contributed by atoms with E-state index in [0.29, 0.717) is 12.0 Å². The van der Waals surface area contributed by atoms with Crippen molar-refractivity contribution in [1.82, 2.24) is 10.2 Å². The number of anilines is 1. The molecule has 118 valence electrons. The molecule has 1 atom stereocenters. The Morgan fingerprint density at radius 3 is 2.33 bits per heavy atom. The Morgan fingerprint density at radius 1 is 1.19 bits per heavy atom. The number of hydrogen-bond donors (Lipinski definition) is 2. The lowest BCUT2D eigenvalue weighted by Crippen LogP contribution is -2.32. The third-order valence-corrected chi connectivity index (χ3v) is 3.56. The summed E-state index contributed by atoms with van der Waals surface area (Å²) in [5, 5.41) is 6.30. The van der Waals surface area contributed by atoms with Crippen LogP contribution in [0.4, 0.5) is 10.5 Å². The molecule has 1 aromatic rings. The lowest BCUT2D eigenvalue weighted by Gasteiger charge is -2.19. The van der Waals surface area contributed by atoms with Gasteiger partial charge in [-0.1, -0.05) is 32.9 Å². The van der Waals surface area contributed by atoms with Crippen LogP contribution in [-0.4, -0.2) is 31.1 Å². The van der Waals surface area contributed by atoms with Crippen LogP contribution in [0, 0.1) is 5.92 Å². The van der Waals surface area contributed by atoms with E-state index < -0.39 is 0 Å². The molecule has 1 unspecified atom stereocenters. The molecular weight excluding hydrogens is 262 g/mol. The highest BCUT2D eigenvalue weighted by Gasteiger charge is 2.10. The van der Waals surface area contributed by atoms with E-state index in [4.69, 9.17) is 0 Å². The van der Waals surface area contributed by atoms with E-state index in [-0.39, 0.29) is 6.03 Å². The number of urea groups is 1. The molecule has 0 heterocycles. The molecule has 0 radical (unpaired) electrons. The van der Waals surface area contributed by atoms with Crippen LogP contribution in [0.2, 0.25) is 0 Å². The van der Waals surface area contributed by atoms with Crippen molar-refractivity contribution in [3.8, 4) is 0 Å². The molecule has 2 amide bonds. The molecule has 0 saturated carbocycles. The number of carbonyl (C=O) groups excluding carboxylic acids is 1. The van der Waals surface area contributed by atoms with Gasteiger partial charge in [0.15, 0.2) is 0 Å². The maximum absolute atomic E-state index is 12.0. The van der Waals surface area contributed by atoms with Crippen molar-refractivity contribution >= 4 is 11.7 Å². The fourth-order valence-corrected chi connectivity index (χ4v) is 2.05. The Balaban J connectivity index is 2.53. The van der Waals surface area contributed by atoms with Crippen LogP contribution in [0.25, 0.3) is 0 Å². The van der Waals surface area contributed by atoms with E-state index in [1.807, 2.05) is 19.2 Å². The Kier molecular flexibility index (Phi) is 7.23. The third-order valence-electron chi connectivity index (χ3n) is 3.56. The van der Waals surface area contributed by atoms with Gasteiger partial charge in [-0.3, -0.25) is 0 Å². The van der Waals surface area contributed by atoms with Gasteiger partial charge in [0.2, 0.25) is 0 Å². The molecule has 0 aliphatic carbocycles. The second kappa shape index (κ2) is 8.67. The van der Waals surface area contributed by atoms with Gasteiger partial charge in [-0.05, 0) is 43.5 Å². The van der Waals surface area contributed by atoms with E-state index in [0.717, 1.165) is 25.2 Å². The van der Waals surface area contributed by atoms with Crippen molar-refractivity contribution in [3.63, 3.8) is 0 Å². The first-order chi connectivity index (χ1) is 9.93. The first-order valence-corrected chi connectivity index (χ1v) is 7.79. The molecule has 0 aliphatic heterocycles. The number of amides is 2. The average Bonchev–Trinajstić information content (AvgIpc) is 2.45. The van der Waals surface area contributed by atoms with Crippen LogP contribution in [0.15, 0.2) is 24.3 Å². The second-order valence-electron chi connectivity index (χ2n) is 5.94. The second-order valence-corrected chi connectivity index (χ2v) is 5.94. The highest BCUT2D eigenvalue weighted by Crippen LogP contribution is 2.16. The molecule has 0 bridgehead atoms. The summed E-state index contributed by atoms with van der Waals surface area (Å²) in [5.41, 5.74) is 2.06. The van der Waals surface area contributed by atoms with Crippen molar-refractivity contribution in [2.75, 3.05) is 25.5 Å². The van der Waals surface area contributed by atoms with Gasteiger partial charge in [0.1, 0.15) is 0 Å². The fraction of sp³-hybridized carbons (Fsp3) is 0.588. The van der Waals surface area contributed by atoms with Gasteiger partial charge in [-0.2, -0.15) is 0 Å². The van der Waals surface area contributed by atoms with Gasteiger partial charge in [-0.15, -0.1) is 0 Å². The molecule has 4 nitrogen and oxygen atoms in total. The molecule has 1 aromatic carbocycles. The Hall–Kier alpha value is -1.55. The number of nitrogens with zero attached hydrogens (tertiary/aromatic N) is 1. The topological polar surface area (TPSA) is 44.4 Å². The zero-order chi connectivity index (χ0) is 15.8. The highest BCUT2D eigenvalue weighted by molar-refractivity contribution is 5.89. The molecule has 4 heteroatoms. The number of nitrogens with one attached hydrogen (secondary N) is 2. The van der Waals surface area contributed by atoms with Gasteiger partial charge in [-0.25, -0.2) is 4.79 Å². The largest absolute Gasteiger partial charge is 0.328 e. The zero-order valence-electron chi connectivity index (χ0n) is 13.9. The predicted octanol–water partition coefficient (Wildman–Crippen LogP) is 3.87. The monoisotopic (exact) mass is 291 g/mol. The van der Waals surface area contributed by atoms with Gasteiger partial charge in [0.05, 0.1) is 0 Å². The van der Waals surface area contributed by atoms with E-state index in [9.17, 15) is 4.79 Å². The first kappa shape index (κ1) is 17.5. The molecule has 1 rings (SSSR count). The first-order valence-electron chi connectivity index (χ1n) is 7.79. The van der Waals surface area contributed by atoms with Crippen LogP contribution in [-0.2, 0) is 0 Å². The molecule has 21 heavy (non-hydrogen) atoms. The molecule has 0 spiro atoms. The van der Waals surface area contributed by atoms with Crippen LogP contribution >= 0.6 is 0 Å². The van der Waals surface area contributed by atoms with Crippen molar-refractivity contribution in [3.05, 3.63) is 29.8 Å². The molecule has 0 aliphatic rings. The van der Waals surface area contributed by atoms with Crippen molar-refractivity contribution in [1.29, 1.82) is 0 Å². The third kappa shape index (κ3) is 6.17. The average molecular weight is 291 g/mol. The smallest absolute Gasteiger partial charge is 0.321 e. The van der Waals surface area contributed by atoms with Gasteiger partial charge in [0, 0.05) is 25.3 Å². The normalized spacial score (nSPS) is 12.3. The minimum absolute atomic E-state index is 0.0527. The Labute approximate surface area is 128 Å². The number of rotatable bonds is 7. The standard InChI is InChI=1S/C17H29N3O/c1-6-18-14(4)15-7-9-16(10-8-15)19-17(21)20(5)12-11-13(2)3/h7-10,13-14,18H,6,11-12H2,1-5H3,(H,19,21).